The maximum absolute atomic E-state index is 13.7. The number of amides is 1. The van der Waals surface area contributed by atoms with Gasteiger partial charge >= 0.3 is 0 Å². The highest BCUT2D eigenvalue weighted by Gasteiger charge is 2.20. The molecule has 226 valence electrons. The third kappa shape index (κ3) is 7.48. The number of nitrogens with one attached hydrogen (secondary N) is 3. The minimum absolute atomic E-state index is 0.0371. The smallest absolute Gasteiger partial charge is 0.274 e. The number of hydrogen-bond acceptors (Lipinski definition) is 9. The lowest BCUT2D eigenvalue weighted by Gasteiger charge is -2.22. The lowest BCUT2D eigenvalue weighted by atomic mass is 9.94. The zero-order chi connectivity index (χ0) is 31.1. The number of nitrogen functional groups attached to an aromatic ring is 1. The molecular formula is C32H33F2N9O. The van der Waals surface area contributed by atoms with Crippen LogP contribution in [0.5, 0.6) is 0 Å². The predicted octanol–water partition coefficient (Wildman–Crippen LogP) is 4.70. The van der Waals surface area contributed by atoms with Crippen molar-refractivity contribution in [1.29, 1.82) is 5.26 Å². The maximum Gasteiger partial charge on any atom is 0.274 e. The number of aryl methyl sites for hydroxylation is 1. The summed E-state index contributed by atoms with van der Waals surface area (Å²) in [6, 6.07) is 12.4. The van der Waals surface area contributed by atoms with Gasteiger partial charge in [-0.15, -0.1) is 0 Å². The van der Waals surface area contributed by atoms with Crippen LogP contribution in [0.3, 0.4) is 0 Å². The molecule has 2 aromatic carbocycles. The molecule has 1 saturated heterocycles. The van der Waals surface area contributed by atoms with Gasteiger partial charge in [0.05, 0.1) is 29.8 Å². The van der Waals surface area contributed by atoms with E-state index < -0.39 is 23.6 Å². The van der Waals surface area contributed by atoms with E-state index in [2.05, 4.69) is 30.9 Å². The monoisotopic (exact) mass is 597 g/mol. The molecule has 1 aliphatic rings. The molecular weight excluding hydrogens is 564 g/mol. The minimum Gasteiger partial charge on any atom is -0.382 e. The van der Waals surface area contributed by atoms with Gasteiger partial charge in [0.1, 0.15) is 11.9 Å². The van der Waals surface area contributed by atoms with Gasteiger partial charge in [0.15, 0.2) is 28.8 Å². The van der Waals surface area contributed by atoms with Crippen LogP contribution in [0.1, 0.15) is 65.2 Å². The summed E-state index contributed by atoms with van der Waals surface area (Å²) in [5.41, 5.74) is 9.72. The van der Waals surface area contributed by atoms with Crippen LogP contribution < -0.4 is 21.7 Å². The predicted molar refractivity (Wildman–Crippen MR) is 162 cm³/mol. The number of nitrogens with two attached hydrogens (primary N) is 1. The van der Waals surface area contributed by atoms with E-state index in [1.807, 2.05) is 30.3 Å². The van der Waals surface area contributed by atoms with Crippen molar-refractivity contribution in [3.63, 3.8) is 0 Å². The highest BCUT2D eigenvalue weighted by Crippen LogP contribution is 2.23. The lowest BCUT2D eigenvalue weighted by Crippen LogP contribution is -2.30. The molecule has 3 heterocycles. The first kappa shape index (κ1) is 30.4. The van der Waals surface area contributed by atoms with Gasteiger partial charge in [-0.05, 0) is 74.9 Å². The number of carbonyl (C=O) groups excluding carboxylic acids is 1. The molecule has 0 aliphatic carbocycles. The number of benzene rings is 2. The standard InChI is InChI=1S/C32H33F2N9O/c1-19(23-9-10-25(33)26(34)13-23)41-32(44)29-31(40-17-24(14-35)42-29)39-16-21-4-7-22(8-5-21)28-18-38-30(36)27(43-28)11-6-20-3-2-12-37-15-20/h4-5,7-10,13,17-20,37H,2-3,6,11-12,15-16H2,1H3,(H2,36,38)(H,39,40)(H,41,44)/t19-,20?/m0/s1. The molecule has 2 atom stereocenters. The number of nitriles is 1. The Morgan fingerprint density at radius 3 is 2.68 bits per heavy atom. The fraction of sp³-hybridized carbons (Fsp3) is 0.312. The summed E-state index contributed by atoms with van der Waals surface area (Å²) in [5, 5.41) is 18.6. The topological polar surface area (TPSA) is 155 Å². The molecule has 4 aromatic rings. The third-order valence-electron chi connectivity index (χ3n) is 7.67. The third-order valence-corrected chi connectivity index (χ3v) is 7.67. The van der Waals surface area contributed by atoms with Crippen molar-refractivity contribution in [3.8, 4) is 17.3 Å². The van der Waals surface area contributed by atoms with Gasteiger partial charge in [-0.2, -0.15) is 5.26 Å². The molecule has 0 bridgehead atoms. The highest BCUT2D eigenvalue weighted by molar-refractivity contribution is 5.97. The molecule has 0 saturated carbocycles. The number of nitrogens with zero attached hydrogens (tertiary/aromatic N) is 5. The van der Waals surface area contributed by atoms with Gasteiger partial charge in [0.25, 0.3) is 5.91 Å². The Hall–Kier alpha value is -5.02. The highest BCUT2D eigenvalue weighted by atomic mass is 19.2. The van der Waals surface area contributed by atoms with Crippen LogP contribution in [0.4, 0.5) is 20.4 Å². The largest absolute Gasteiger partial charge is 0.382 e. The minimum atomic E-state index is -1.01. The average molecular weight is 598 g/mol. The Morgan fingerprint density at radius 2 is 1.95 bits per heavy atom. The summed E-state index contributed by atoms with van der Waals surface area (Å²) in [7, 11) is 0. The molecule has 10 nitrogen and oxygen atoms in total. The van der Waals surface area contributed by atoms with Crippen LogP contribution in [0.2, 0.25) is 0 Å². The van der Waals surface area contributed by atoms with E-state index in [0.29, 0.717) is 23.8 Å². The molecule has 12 heteroatoms. The number of aromatic nitrogens is 4. The first-order valence-corrected chi connectivity index (χ1v) is 14.5. The summed E-state index contributed by atoms with van der Waals surface area (Å²) in [5.74, 6) is -1.36. The quantitative estimate of drug-likeness (QED) is 0.204. The normalized spacial score (nSPS) is 15.3. The van der Waals surface area contributed by atoms with Crippen molar-refractivity contribution in [1.82, 2.24) is 30.6 Å². The Kier molecular flexibility index (Phi) is 9.66. The van der Waals surface area contributed by atoms with Gasteiger partial charge in [-0.3, -0.25) is 4.79 Å². The Balaban J connectivity index is 1.25. The molecule has 1 fully saturated rings. The van der Waals surface area contributed by atoms with Crippen molar-refractivity contribution in [2.45, 2.75) is 45.2 Å². The summed E-state index contributed by atoms with van der Waals surface area (Å²) < 4.78 is 27.1. The van der Waals surface area contributed by atoms with Crippen molar-refractivity contribution in [3.05, 3.63) is 94.7 Å². The number of halogens is 2. The van der Waals surface area contributed by atoms with Crippen LogP contribution in [0, 0.1) is 28.9 Å². The number of rotatable bonds is 10. The number of hydrogen-bond donors (Lipinski definition) is 4. The zero-order valence-electron chi connectivity index (χ0n) is 24.3. The Morgan fingerprint density at radius 1 is 1.14 bits per heavy atom. The maximum atomic E-state index is 13.7. The Labute approximate surface area is 254 Å². The molecule has 0 spiro atoms. The second-order valence-electron chi connectivity index (χ2n) is 10.8. The van der Waals surface area contributed by atoms with Crippen molar-refractivity contribution < 1.29 is 13.6 Å². The van der Waals surface area contributed by atoms with E-state index in [1.165, 1.54) is 25.1 Å². The summed E-state index contributed by atoms with van der Waals surface area (Å²) in [6.07, 6.45) is 7.14. The lowest BCUT2D eigenvalue weighted by molar-refractivity contribution is 0.0935. The first-order valence-electron chi connectivity index (χ1n) is 14.5. The molecule has 1 unspecified atom stereocenters. The van der Waals surface area contributed by atoms with Crippen LogP contribution in [-0.4, -0.2) is 38.9 Å². The van der Waals surface area contributed by atoms with Gasteiger partial charge < -0.3 is 21.7 Å². The molecule has 2 aromatic heterocycles. The number of piperidine rings is 1. The molecule has 5 N–H and O–H groups in total. The molecule has 1 amide bonds. The van der Waals surface area contributed by atoms with Gasteiger partial charge in [-0.25, -0.2) is 28.7 Å². The van der Waals surface area contributed by atoms with Gasteiger partial charge in [-0.1, -0.05) is 30.3 Å². The van der Waals surface area contributed by atoms with Crippen LogP contribution in [0.25, 0.3) is 11.3 Å². The number of carbonyl (C=O) groups is 1. The van der Waals surface area contributed by atoms with Crippen LogP contribution in [0.15, 0.2) is 54.9 Å². The molecule has 0 radical (unpaired) electrons. The molecule has 44 heavy (non-hydrogen) atoms. The summed E-state index contributed by atoms with van der Waals surface area (Å²) in [6.45, 7) is 4.05. The van der Waals surface area contributed by atoms with Crippen LogP contribution >= 0.6 is 0 Å². The zero-order valence-corrected chi connectivity index (χ0v) is 24.3. The fourth-order valence-electron chi connectivity index (χ4n) is 5.11. The van der Waals surface area contributed by atoms with Crippen LogP contribution in [-0.2, 0) is 13.0 Å². The van der Waals surface area contributed by atoms with Crippen molar-refractivity contribution in [2.75, 3.05) is 24.1 Å². The van der Waals surface area contributed by atoms with Gasteiger partial charge in [0.2, 0.25) is 0 Å². The van der Waals surface area contributed by atoms with E-state index in [0.717, 1.165) is 60.6 Å². The van der Waals surface area contributed by atoms with E-state index in [-0.39, 0.29) is 17.2 Å². The molecule has 5 rings (SSSR count). The summed E-state index contributed by atoms with van der Waals surface area (Å²) >= 11 is 0. The van der Waals surface area contributed by atoms with E-state index in [4.69, 9.17) is 10.7 Å². The summed E-state index contributed by atoms with van der Waals surface area (Å²) in [4.78, 5) is 30.7. The van der Waals surface area contributed by atoms with E-state index >= 15 is 0 Å². The SMILES string of the molecule is C[C@H](NC(=O)c1nc(C#N)cnc1NCc1ccc(-c2cnc(N)c(CCC3CCCNC3)n2)cc1)c1ccc(F)c(F)c1. The van der Waals surface area contributed by atoms with Crippen molar-refractivity contribution >= 4 is 17.5 Å². The first-order chi connectivity index (χ1) is 21.3. The van der Waals surface area contributed by atoms with E-state index in [1.54, 1.807) is 13.1 Å². The number of anilines is 2. The Bertz CT molecular complexity index is 1670. The fourth-order valence-corrected chi connectivity index (χ4v) is 5.11. The second kappa shape index (κ2) is 14.0. The molecule has 1 aliphatic heterocycles. The van der Waals surface area contributed by atoms with Crippen molar-refractivity contribution in [2.24, 2.45) is 5.92 Å². The van der Waals surface area contributed by atoms with Gasteiger partial charge in [0, 0.05) is 12.1 Å². The second-order valence-corrected chi connectivity index (χ2v) is 10.8. The average Bonchev–Trinajstić information content (AvgIpc) is 3.05. The van der Waals surface area contributed by atoms with E-state index in [9.17, 15) is 18.8 Å².